The molecule has 3 rings (SSSR count). The molecule has 0 unspecified atom stereocenters. The third-order valence-electron chi connectivity index (χ3n) is 4.30. The number of hydrogen-bond acceptors (Lipinski definition) is 5. The van der Waals surface area contributed by atoms with Gasteiger partial charge in [-0.2, -0.15) is 0 Å². The van der Waals surface area contributed by atoms with Crippen molar-refractivity contribution in [3.8, 4) is 0 Å². The zero-order valence-electron chi connectivity index (χ0n) is 15.8. The second kappa shape index (κ2) is 9.19. The van der Waals surface area contributed by atoms with Gasteiger partial charge in [0.25, 0.3) is 15.7 Å². The summed E-state index contributed by atoms with van der Waals surface area (Å²) in [6, 6.07) is 21.9. The average Bonchev–Trinajstić information content (AvgIpc) is 2.77. The number of carbonyl (C=O) groups is 1. The molecule has 3 aromatic carbocycles. The summed E-state index contributed by atoms with van der Waals surface area (Å²) in [6.07, 6.45) is 0. The predicted molar refractivity (Wildman–Crippen MR) is 112 cm³/mol. The van der Waals surface area contributed by atoms with Crippen molar-refractivity contribution < 1.29 is 18.1 Å². The first-order valence-corrected chi connectivity index (χ1v) is 10.4. The second-order valence-corrected chi connectivity index (χ2v) is 8.22. The molecule has 154 valence electrons. The van der Waals surface area contributed by atoms with Crippen molar-refractivity contribution in [3.63, 3.8) is 0 Å². The molecule has 0 radical (unpaired) electrons. The van der Waals surface area contributed by atoms with E-state index in [1.54, 1.807) is 18.2 Å². The number of amides is 1. The molecule has 0 spiro atoms. The Labute approximate surface area is 174 Å². The maximum Gasteiger partial charge on any atom is 0.269 e. The maximum absolute atomic E-state index is 13.2. The monoisotopic (exact) mass is 425 g/mol. The third-order valence-corrected chi connectivity index (χ3v) is 6.09. The van der Waals surface area contributed by atoms with E-state index in [1.165, 1.54) is 36.4 Å². The van der Waals surface area contributed by atoms with Gasteiger partial charge in [0.2, 0.25) is 5.91 Å². The molecule has 0 saturated carbocycles. The molecule has 0 saturated heterocycles. The van der Waals surface area contributed by atoms with Gasteiger partial charge in [0.15, 0.2) is 0 Å². The van der Waals surface area contributed by atoms with Crippen molar-refractivity contribution in [2.75, 3.05) is 10.8 Å². The first-order chi connectivity index (χ1) is 14.4. The van der Waals surface area contributed by atoms with Crippen LogP contribution in [0.25, 0.3) is 0 Å². The lowest BCUT2D eigenvalue weighted by atomic mass is 10.2. The number of carbonyl (C=O) groups excluding carboxylic acids is 1. The molecule has 0 fully saturated rings. The van der Waals surface area contributed by atoms with E-state index in [0.29, 0.717) is 0 Å². The van der Waals surface area contributed by atoms with Gasteiger partial charge in [-0.1, -0.05) is 48.5 Å². The van der Waals surface area contributed by atoms with Crippen LogP contribution < -0.4 is 9.62 Å². The van der Waals surface area contributed by atoms with Crippen molar-refractivity contribution in [1.29, 1.82) is 0 Å². The van der Waals surface area contributed by atoms with Crippen LogP contribution in [0.5, 0.6) is 0 Å². The molecule has 1 amide bonds. The Balaban J connectivity index is 1.87. The van der Waals surface area contributed by atoms with E-state index in [-0.39, 0.29) is 22.8 Å². The van der Waals surface area contributed by atoms with Crippen LogP contribution in [0.2, 0.25) is 0 Å². The number of rotatable bonds is 8. The van der Waals surface area contributed by atoms with Gasteiger partial charge in [-0.3, -0.25) is 19.2 Å². The van der Waals surface area contributed by atoms with E-state index in [0.717, 1.165) is 9.87 Å². The number of nitro benzene ring substituents is 1. The highest BCUT2D eigenvalue weighted by atomic mass is 32.2. The number of nitrogens with one attached hydrogen (secondary N) is 1. The summed E-state index contributed by atoms with van der Waals surface area (Å²) in [4.78, 5) is 22.9. The topological polar surface area (TPSA) is 110 Å². The van der Waals surface area contributed by atoms with Crippen LogP contribution in [0.4, 0.5) is 11.4 Å². The summed E-state index contributed by atoms with van der Waals surface area (Å²) in [5, 5.41) is 13.6. The number of nitrogens with zero attached hydrogens (tertiary/aromatic N) is 2. The standard InChI is InChI=1S/C21H19N3O5S/c25-21(22-15-17-7-3-1-4-8-17)16-23(18-11-13-19(14-12-18)24(26)27)30(28,29)20-9-5-2-6-10-20/h1-14H,15-16H2,(H,22,25). The minimum atomic E-state index is -4.06. The largest absolute Gasteiger partial charge is 0.350 e. The average molecular weight is 425 g/mol. The first-order valence-electron chi connectivity index (χ1n) is 9.01. The Morgan fingerprint density at radius 2 is 1.47 bits per heavy atom. The summed E-state index contributed by atoms with van der Waals surface area (Å²) in [5.74, 6) is -0.503. The van der Waals surface area contributed by atoms with Crippen LogP contribution in [0, 0.1) is 10.1 Å². The summed E-state index contributed by atoms with van der Waals surface area (Å²) < 4.78 is 27.3. The zero-order chi connectivity index (χ0) is 21.6. The van der Waals surface area contributed by atoms with Crippen molar-refractivity contribution in [2.45, 2.75) is 11.4 Å². The molecule has 0 aliphatic carbocycles. The molecule has 8 nitrogen and oxygen atoms in total. The van der Waals surface area contributed by atoms with Gasteiger partial charge in [0, 0.05) is 18.7 Å². The SMILES string of the molecule is O=C(CN(c1ccc([N+](=O)[O-])cc1)S(=O)(=O)c1ccccc1)NCc1ccccc1. The Morgan fingerprint density at radius 3 is 2.03 bits per heavy atom. The highest BCUT2D eigenvalue weighted by Gasteiger charge is 2.27. The number of non-ortho nitro benzene ring substituents is 1. The van der Waals surface area contributed by atoms with Crippen molar-refractivity contribution in [2.24, 2.45) is 0 Å². The van der Waals surface area contributed by atoms with E-state index >= 15 is 0 Å². The highest BCUT2D eigenvalue weighted by molar-refractivity contribution is 7.92. The maximum atomic E-state index is 13.2. The minimum absolute atomic E-state index is 0.0132. The van der Waals surface area contributed by atoms with E-state index in [4.69, 9.17) is 0 Å². The number of nitro groups is 1. The van der Waals surface area contributed by atoms with Crippen molar-refractivity contribution in [1.82, 2.24) is 5.32 Å². The van der Waals surface area contributed by atoms with Crippen LogP contribution in [-0.4, -0.2) is 25.8 Å². The van der Waals surface area contributed by atoms with Crippen molar-refractivity contribution in [3.05, 3.63) is 101 Å². The molecular formula is C21H19N3O5S. The van der Waals surface area contributed by atoms with Gasteiger partial charge in [-0.15, -0.1) is 0 Å². The number of benzene rings is 3. The Kier molecular flexibility index (Phi) is 6.43. The lowest BCUT2D eigenvalue weighted by molar-refractivity contribution is -0.384. The Hall–Kier alpha value is -3.72. The fraction of sp³-hybridized carbons (Fsp3) is 0.0952. The van der Waals surface area contributed by atoms with Crippen LogP contribution in [0.3, 0.4) is 0 Å². The van der Waals surface area contributed by atoms with E-state index in [2.05, 4.69) is 5.32 Å². The summed E-state index contributed by atoms with van der Waals surface area (Å²) in [5.41, 5.74) is 0.849. The first kappa shape index (κ1) is 21.0. The van der Waals surface area contributed by atoms with Gasteiger partial charge in [0.05, 0.1) is 15.5 Å². The molecule has 30 heavy (non-hydrogen) atoms. The van der Waals surface area contributed by atoms with E-state index < -0.39 is 27.4 Å². The molecule has 0 aromatic heterocycles. The molecule has 1 N–H and O–H groups in total. The number of anilines is 1. The van der Waals surface area contributed by atoms with Crippen molar-refractivity contribution >= 4 is 27.3 Å². The second-order valence-electron chi connectivity index (χ2n) is 6.36. The normalized spacial score (nSPS) is 10.9. The van der Waals surface area contributed by atoms with Gasteiger partial charge in [0.1, 0.15) is 6.54 Å². The van der Waals surface area contributed by atoms with Gasteiger partial charge in [-0.25, -0.2) is 8.42 Å². The lowest BCUT2D eigenvalue weighted by Gasteiger charge is -2.24. The zero-order valence-corrected chi connectivity index (χ0v) is 16.7. The van der Waals surface area contributed by atoms with Gasteiger partial charge in [-0.05, 0) is 29.8 Å². The number of sulfonamides is 1. The molecule has 0 aliphatic rings. The molecule has 0 atom stereocenters. The smallest absolute Gasteiger partial charge is 0.269 e. The molecule has 3 aromatic rings. The Morgan fingerprint density at radius 1 is 0.900 bits per heavy atom. The fourth-order valence-corrected chi connectivity index (χ4v) is 4.20. The van der Waals surface area contributed by atoms with Gasteiger partial charge >= 0.3 is 0 Å². The Bertz CT molecular complexity index is 1120. The van der Waals surface area contributed by atoms with Crippen LogP contribution in [0.1, 0.15) is 5.56 Å². The third kappa shape index (κ3) is 5.00. The molecule has 9 heteroatoms. The molecular weight excluding hydrogens is 406 g/mol. The predicted octanol–water partition coefficient (Wildman–Crippen LogP) is 3.11. The van der Waals surface area contributed by atoms with Crippen LogP contribution in [0.15, 0.2) is 89.8 Å². The van der Waals surface area contributed by atoms with E-state index in [9.17, 15) is 23.3 Å². The molecule has 0 bridgehead atoms. The van der Waals surface area contributed by atoms with Gasteiger partial charge < -0.3 is 5.32 Å². The number of hydrogen-bond donors (Lipinski definition) is 1. The summed E-state index contributed by atoms with van der Waals surface area (Å²) in [7, 11) is -4.06. The fourth-order valence-electron chi connectivity index (χ4n) is 2.76. The lowest BCUT2D eigenvalue weighted by Crippen LogP contribution is -2.40. The molecule has 0 aliphatic heterocycles. The summed E-state index contributed by atoms with van der Waals surface area (Å²) >= 11 is 0. The van der Waals surface area contributed by atoms with E-state index in [1.807, 2.05) is 30.3 Å². The minimum Gasteiger partial charge on any atom is -0.350 e. The van der Waals surface area contributed by atoms with Crippen LogP contribution in [-0.2, 0) is 21.4 Å². The quantitative estimate of drug-likeness (QED) is 0.440. The molecule has 0 heterocycles. The highest BCUT2D eigenvalue weighted by Crippen LogP contribution is 2.25. The van der Waals surface area contributed by atoms with Crippen LogP contribution >= 0.6 is 0 Å². The summed E-state index contributed by atoms with van der Waals surface area (Å²) in [6.45, 7) is -0.221.